The molecule has 2 aromatic rings. The largest absolute Gasteiger partial charge is 0.350 e. The Morgan fingerprint density at radius 2 is 1.79 bits per heavy atom. The van der Waals surface area contributed by atoms with Gasteiger partial charge in [-0.2, -0.15) is 0 Å². The fraction of sp³-hybridized carbons (Fsp3) is 0.381. The molecule has 0 heterocycles. The smallest absolute Gasteiger partial charge is 0.241 e. The number of amides is 1. The van der Waals surface area contributed by atoms with Crippen LogP contribution in [0.3, 0.4) is 0 Å². The predicted molar refractivity (Wildman–Crippen MR) is 115 cm³/mol. The zero-order valence-corrected chi connectivity index (χ0v) is 18.3. The maximum Gasteiger partial charge on any atom is 0.241 e. The number of rotatable bonds is 8. The van der Waals surface area contributed by atoms with Crippen molar-refractivity contribution in [2.45, 2.75) is 40.2 Å². The van der Waals surface area contributed by atoms with Crippen LogP contribution in [0.1, 0.15) is 36.1 Å². The highest BCUT2D eigenvalue weighted by molar-refractivity contribution is 7.92. The van der Waals surface area contributed by atoms with Crippen LogP contribution in [0.5, 0.6) is 0 Å². The molecule has 28 heavy (non-hydrogen) atoms. The summed E-state index contributed by atoms with van der Waals surface area (Å²) in [5.74, 6) is -0.367. The van der Waals surface area contributed by atoms with E-state index < -0.39 is 10.0 Å². The van der Waals surface area contributed by atoms with Crippen LogP contribution in [0.4, 0.5) is 5.69 Å². The minimum Gasteiger partial charge on any atom is -0.350 e. The highest BCUT2D eigenvalue weighted by atomic mass is 35.5. The van der Waals surface area contributed by atoms with Crippen molar-refractivity contribution in [3.8, 4) is 0 Å². The van der Waals surface area contributed by atoms with Gasteiger partial charge in [-0.3, -0.25) is 9.10 Å². The number of hydrogen-bond acceptors (Lipinski definition) is 3. The van der Waals surface area contributed by atoms with E-state index in [2.05, 4.69) is 37.4 Å². The molecular weight excluding hydrogens is 396 g/mol. The van der Waals surface area contributed by atoms with Gasteiger partial charge in [-0.1, -0.05) is 49.7 Å². The third-order valence-electron chi connectivity index (χ3n) is 4.66. The van der Waals surface area contributed by atoms with Crippen molar-refractivity contribution in [3.63, 3.8) is 0 Å². The number of benzene rings is 2. The van der Waals surface area contributed by atoms with Gasteiger partial charge in [0, 0.05) is 11.6 Å². The summed E-state index contributed by atoms with van der Waals surface area (Å²) in [5, 5.41) is 3.27. The second kappa shape index (κ2) is 9.43. The van der Waals surface area contributed by atoms with Crippen molar-refractivity contribution in [3.05, 3.63) is 63.7 Å². The van der Waals surface area contributed by atoms with Gasteiger partial charge in [-0.25, -0.2) is 8.42 Å². The highest BCUT2D eigenvalue weighted by Crippen LogP contribution is 2.26. The van der Waals surface area contributed by atoms with Gasteiger partial charge in [0.1, 0.15) is 6.54 Å². The Kier molecular flexibility index (Phi) is 7.49. The van der Waals surface area contributed by atoms with Crippen molar-refractivity contribution < 1.29 is 13.2 Å². The lowest BCUT2D eigenvalue weighted by atomic mass is 10.0. The van der Waals surface area contributed by atoms with Gasteiger partial charge < -0.3 is 5.32 Å². The summed E-state index contributed by atoms with van der Waals surface area (Å²) in [6.45, 7) is 6.00. The second-order valence-corrected chi connectivity index (χ2v) is 9.13. The third-order valence-corrected chi connectivity index (χ3v) is 6.02. The molecule has 7 heteroatoms. The first kappa shape index (κ1) is 22.2. The monoisotopic (exact) mass is 422 g/mol. The molecule has 0 saturated carbocycles. The minimum absolute atomic E-state index is 0.297. The number of nitrogens with one attached hydrogen (secondary N) is 1. The molecule has 0 aliphatic carbocycles. The van der Waals surface area contributed by atoms with E-state index in [4.69, 9.17) is 11.6 Å². The molecule has 2 rings (SSSR count). The van der Waals surface area contributed by atoms with E-state index in [1.807, 2.05) is 0 Å². The molecule has 0 aliphatic heterocycles. The van der Waals surface area contributed by atoms with Crippen LogP contribution in [0.2, 0.25) is 5.02 Å². The van der Waals surface area contributed by atoms with Crippen LogP contribution in [-0.2, 0) is 34.2 Å². The van der Waals surface area contributed by atoms with Crippen molar-refractivity contribution in [1.29, 1.82) is 0 Å². The van der Waals surface area contributed by atoms with Crippen LogP contribution in [-0.4, -0.2) is 27.1 Å². The molecule has 0 saturated heterocycles. The maximum absolute atomic E-state index is 12.5. The van der Waals surface area contributed by atoms with E-state index in [1.165, 1.54) is 11.1 Å². The van der Waals surface area contributed by atoms with Crippen LogP contribution in [0.15, 0.2) is 36.4 Å². The lowest BCUT2D eigenvalue weighted by Gasteiger charge is -2.24. The fourth-order valence-corrected chi connectivity index (χ4v) is 4.09. The molecule has 0 unspecified atom stereocenters. The number of carbonyl (C=O) groups is 1. The predicted octanol–water partition coefficient (Wildman–Crippen LogP) is 3.86. The molecule has 0 bridgehead atoms. The number of aryl methyl sites for hydroxylation is 3. The Morgan fingerprint density at radius 1 is 1.07 bits per heavy atom. The van der Waals surface area contributed by atoms with E-state index in [0.29, 0.717) is 17.3 Å². The van der Waals surface area contributed by atoms with Crippen LogP contribution < -0.4 is 9.62 Å². The van der Waals surface area contributed by atoms with E-state index in [1.54, 1.807) is 25.1 Å². The van der Waals surface area contributed by atoms with Crippen LogP contribution >= 0.6 is 11.6 Å². The standard InChI is InChI=1S/C21H27ClN2O3S/c1-5-16-8-9-17(6-2)18(11-16)13-23-21(25)14-24(28(4,26)27)20-12-19(22)10-7-15(20)3/h7-12H,5-6,13-14H2,1-4H3,(H,23,25). The van der Waals surface area contributed by atoms with E-state index in [9.17, 15) is 13.2 Å². The number of hydrogen-bond donors (Lipinski definition) is 1. The Morgan fingerprint density at radius 3 is 2.39 bits per heavy atom. The molecule has 0 aromatic heterocycles. The number of halogens is 1. The van der Waals surface area contributed by atoms with Gasteiger partial charge in [-0.15, -0.1) is 0 Å². The summed E-state index contributed by atoms with van der Waals surface area (Å²) in [7, 11) is -3.64. The quantitative estimate of drug-likeness (QED) is 0.702. The molecule has 0 aliphatic rings. The molecule has 5 nitrogen and oxygen atoms in total. The first-order valence-electron chi connectivity index (χ1n) is 9.27. The molecule has 0 atom stereocenters. The minimum atomic E-state index is -3.64. The van der Waals surface area contributed by atoms with Gasteiger partial charge in [-0.05, 0) is 54.2 Å². The van der Waals surface area contributed by atoms with Crippen LogP contribution in [0.25, 0.3) is 0 Å². The number of carbonyl (C=O) groups excluding carboxylic acids is 1. The Balaban J connectivity index is 2.18. The van der Waals surface area contributed by atoms with Gasteiger partial charge in [0.25, 0.3) is 0 Å². The average molecular weight is 423 g/mol. The zero-order chi connectivity index (χ0) is 20.9. The molecule has 152 valence electrons. The molecule has 1 N–H and O–H groups in total. The van der Waals surface area contributed by atoms with Crippen molar-refractivity contribution in [2.24, 2.45) is 0 Å². The van der Waals surface area contributed by atoms with Gasteiger partial charge in [0.05, 0.1) is 11.9 Å². The lowest BCUT2D eigenvalue weighted by molar-refractivity contribution is -0.119. The number of anilines is 1. The van der Waals surface area contributed by atoms with Gasteiger partial charge >= 0.3 is 0 Å². The molecular formula is C21H27ClN2O3S. The first-order chi connectivity index (χ1) is 13.2. The molecule has 0 radical (unpaired) electrons. The van der Waals surface area contributed by atoms with E-state index in [-0.39, 0.29) is 12.5 Å². The van der Waals surface area contributed by atoms with E-state index in [0.717, 1.165) is 34.5 Å². The fourth-order valence-electron chi connectivity index (χ4n) is 3.02. The molecule has 2 aromatic carbocycles. The van der Waals surface area contributed by atoms with Gasteiger partial charge in [0.15, 0.2) is 0 Å². The normalized spacial score (nSPS) is 11.3. The Labute approximate surface area is 172 Å². The summed E-state index contributed by atoms with van der Waals surface area (Å²) in [4.78, 5) is 12.5. The van der Waals surface area contributed by atoms with Crippen molar-refractivity contribution >= 4 is 33.2 Å². The summed E-state index contributed by atoms with van der Waals surface area (Å²) in [6, 6.07) is 11.3. The average Bonchev–Trinajstić information content (AvgIpc) is 2.65. The summed E-state index contributed by atoms with van der Waals surface area (Å²) in [6.07, 6.45) is 2.87. The highest BCUT2D eigenvalue weighted by Gasteiger charge is 2.22. The third kappa shape index (κ3) is 5.72. The molecule has 1 amide bonds. The Bertz CT molecular complexity index is 958. The maximum atomic E-state index is 12.5. The van der Waals surface area contributed by atoms with Gasteiger partial charge in [0.2, 0.25) is 15.9 Å². The Hall–Kier alpha value is -2.05. The first-order valence-corrected chi connectivity index (χ1v) is 11.5. The number of sulfonamides is 1. The van der Waals surface area contributed by atoms with E-state index >= 15 is 0 Å². The summed E-state index contributed by atoms with van der Waals surface area (Å²) in [5.41, 5.74) is 4.57. The molecule has 0 spiro atoms. The summed E-state index contributed by atoms with van der Waals surface area (Å²) < 4.78 is 25.7. The van der Waals surface area contributed by atoms with Crippen molar-refractivity contribution in [1.82, 2.24) is 5.32 Å². The summed E-state index contributed by atoms with van der Waals surface area (Å²) >= 11 is 6.03. The SMILES string of the molecule is CCc1ccc(CC)c(CNC(=O)CN(c2cc(Cl)ccc2C)S(C)(=O)=O)c1. The van der Waals surface area contributed by atoms with Crippen LogP contribution in [0, 0.1) is 6.92 Å². The molecule has 0 fully saturated rings. The van der Waals surface area contributed by atoms with Crippen molar-refractivity contribution in [2.75, 3.05) is 17.1 Å². The lowest BCUT2D eigenvalue weighted by Crippen LogP contribution is -2.40. The topological polar surface area (TPSA) is 66.5 Å². The zero-order valence-electron chi connectivity index (χ0n) is 16.8. The second-order valence-electron chi connectivity index (χ2n) is 6.79. The number of nitrogens with zero attached hydrogens (tertiary/aromatic N) is 1.